The molecule has 2 aromatic carbocycles. The minimum Gasteiger partial charge on any atom is -0.0567 e. The Morgan fingerprint density at radius 1 is 0.833 bits per heavy atom. The molecule has 0 radical (unpaired) electrons. The van der Waals surface area contributed by atoms with Crippen molar-refractivity contribution in [3.63, 3.8) is 0 Å². The van der Waals surface area contributed by atoms with Crippen molar-refractivity contribution in [2.24, 2.45) is 0 Å². The highest BCUT2D eigenvalue weighted by molar-refractivity contribution is 9.10. The Labute approximate surface area is 125 Å². The van der Waals surface area contributed by atoms with E-state index in [1.807, 2.05) is 0 Å². The molecular formula is C16H14Br2. The second-order valence-electron chi connectivity index (χ2n) is 5.40. The fraction of sp³-hybridized carbons (Fsp3) is 0.250. The van der Waals surface area contributed by atoms with E-state index >= 15 is 0 Å². The highest BCUT2D eigenvalue weighted by Gasteiger charge is 2.32. The van der Waals surface area contributed by atoms with Gasteiger partial charge in [-0.25, -0.2) is 0 Å². The highest BCUT2D eigenvalue weighted by atomic mass is 79.9. The number of fused-ring (bicyclic) bond motifs is 2. The molecule has 0 heterocycles. The van der Waals surface area contributed by atoms with Crippen LogP contribution in [0.5, 0.6) is 0 Å². The zero-order valence-corrected chi connectivity index (χ0v) is 13.6. The Hall–Kier alpha value is -0.600. The number of hydrogen-bond acceptors (Lipinski definition) is 0. The van der Waals surface area contributed by atoms with Gasteiger partial charge in [-0.2, -0.15) is 0 Å². The molecule has 0 saturated heterocycles. The van der Waals surface area contributed by atoms with Gasteiger partial charge in [0.05, 0.1) is 0 Å². The van der Waals surface area contributed by atoms with E-state index in [0.717, 1.165) is 15.4 Å². The van der Waals surface area contributed by atoms with Crippen LogP contribution in [0.15, 0.2) is 45.3 Å². The SMILES string of the molecule is CC1(C)c2ccc(Br)cc2Cc2cc(Br)ccc21. The lowest BCUT2D eigenvalue weighted by molar-refractivity contribution is 0.610. The minimum atomic E-state index is 0.0876. The summed E-state index contributed by atoms with van der Waals surface area (Å²) in [5.74, 6) is 0. The maximum Gasteiger partial charge on any atom is 0.0178 e. The van der Waals surface area contributed by atoms with Crippen LogP contribution in [0.3, 0.4) is 0 Å². The van der Waals surface area contributed by atoms with Crippen LogP contribution in [0.4, 0.5) is 0 Å². The van der Waals surface area contributed by atoms with Gasteiger partial charge in [0, 0.05) is 14.4 Å². The van der Waals surface area contributed by atoms with Gasteiger partial charge >= 0.3 is 0 Å². The first kappa shape index (κ1) is 12.4. The molecule has 0 saturated carbocycles. The molecule has 18 heavy (non-hydrogen) atoms. The molecule has 0 N–H and O–H groups in total. The number of hydrogen-bond donors (Lipinski definition) is 0. The van der Waals surface area contributed by atoms with Gasteiger partial charge in [0.2, 0.25) is 0 Å². The standard InChI is InChI=1S/C16H14Br2/c1-16(2)14-5-3-12(17)8-10(14)7-11-9-13(18)4-6-15(11)16/h3-6,8-9H,7H2,1-2H3. The smallest absolute Gasteiger partial charge is 0.0178 e. The quantitative estimate of drug-likeness (QED) is 0.582. The molecule has 2 heteroatoms. The van der Waals surface area contributed by atoms with Crippen LogP contribution in [0.1, 0.15) is 36.1 Å². The molecule has 1 aliphatic carbocycles. The third kappa shape index (κ3) is 1.86. The lowest BCUT2D eigenvalue weighted by Gasteiger charge is -2.35. The third-order valence-corrected chi connectivity index (χ3v) is 4.85. The van der Waals surface area contributed by atoms with E-state index in [-0.39, 0.29) is 5.41 Å². The first-order chi connectivity index (χ1) is 8.48. The third-order valence-electron chi connectivity index (χ3n) is 3.86. The van der Waals surface area contributed by atoms with E-state index in [1.54, 1.807) is 0 Å². The van der Waals surface area contributed by atoms with Crippen molar-refractivity contribution in [3.05, 3.63) is 67.6 Å². The average Bonchev–Trinajstić information content (AvgIpc) is 2.27. The molecule has 92 valence electrons. The van der Waals surface area contributed by atoms with Crippen LogP contribution >= 0.6 is 31.9 Å². The lowest BCUT2D eigenvalue weighted by atomic mass is 9.69. The van der Waals surface area contributed by atoms with Crippen LogP contribution in [-0.4, -0.2) is 0 Å². The number of rotatable bonds is 0. The predicted octanol–water partition coefficient (Wildman–Crippen LogP) is 5.44. The van der Waals surface area contributed by atoms with Crippen LogP contribution in [0, 0.1) is 0 Å². The molecule has 0 aliphatic heterocycles. The first-order valence-electron chi connectivity index (χ1n) is 6.06. The summed E-state index contributed by atoms with van der Waals surface area (Å²) < 4.78 is 2.32. The second kappa shape index (κ2) is 4.21. The summed E-state index contributed by atoms with van der Waals surface area (Å²) in [5, 5.41) is 0. The van der Waals surface area contributed by atoms with Gasteiger partial charge in [0.25, 0.3) is 0 Å². The summed E-state index contributed by atoms with van der Waals surface area (Å²) in [6.07, 6.45) is 1.02. The topological polar surface area (TPSA) is 0 Å². The van der Waals surface area contributed by atoms with Crippen LogP contribution in [0.25, 0.3) is 0 Å². The first-order valence-corrected chi connectivity index (χ1v) is 7.65. The van der Waals surface area contributed by atoms with Crippen LogP contribution in [-0.2, 0) is 11.8 Å². The van der Waals surface area contributed by atoms with E-state index in [0.29, 0.717) is 0 Å². The van der Waals surface area contributed by atoms with Gasteiger partial charge in [0.15, 0.2) is 0 Å². The van der Waals surface area contributed by atoms with Crippen molar-refractivity contribution in [2.75, 3.05) is 0 Å². The minimum absolute atomic E-state index is 0.0876. The number of benzene rings is 2. The normalized spacial score (nSPS) is 16.0. The molecule has 3 rings (SSSR count). The molecule has 0 fully saturated rings. The molecule has 2 aromatic rings. The Bertz CT molecular complexity index is 573. The lowest BCUT2D eigenvalue weighted by Crippen LogP contribution is -2.26. The zero-order valence-electron chi connectivity index (χ0n) is 10.4. The summed E-state index contributed by atoms with van der Waals surface area (Å²) in [6, 6.07) is 13.3. The molecule has 0 aromatic heterocycles. The average molecular weight is 366 g/mol. The van der Waals surface area contributed by atoms with Crippen molar-refractivity contribution in [1.29, 1.82) is 0 Å². The van der Waals surface area contributed by atoms with Gasteiger partial charge in [0.1, 0.15) is 0 Å². The Kier molecular flexibility index (Phi) is 2.91. The van der Waals surface area contributed by atoms with Crippen LogP contribution in [0.2, 0.25) is 0 Å². The number of halogens is 2. The van der Waals surface area contributed by atoms with Crippen molar-refractivity contribution in [3.8, 4) is 0 Å². The van der Waals surface area contributed by atoms with E-state index in [2.05, 4.69) is 82.1 Å². The maximum atomic E-state index is 3.57. The van der Waals surface area contributed by atoms with Gasteiger partial charge in [-0.3, -0.25) is 0 Å². The summed E-state index contributed by atoms with van der Waals surface area (Å²) in [5.41, 5.74) is 5.84. The van der Waals surface area contributed by atoms with E-state index in [1.165, 1.54) is 22.3 Å². The molecule has 0 amide bonds. The second-order valence-corrected chi connectivity index (χ2v) is 7.24. The predicted molar refractivity (Wildman–Crippen MR) is 83.2 cm³/mol. The fourth-order valence-corrected chi connectivity index (χ4v) is 3.80. The molecule has 0 unspecified atom stereocenters. The van der Waals surface area contributed by atoms with Crippen molar-refractivity contribution in [2.45, 2.75) is 25.7 Å². The largest absolute Gasteiger partial charge is 0.0567 e. The van der Waals surface area contributed by atoms with Gasteiger partial charge in [-0.1, -0.05) is 57.8 Å². The molecule has 0 spiro atoms. The maximum absolute atomic E-state index is 3.57. The van der Waals surface area contributed by atoms with Crippen molar-refractivity contribution >= 4 is 31.9 Å². The summed E-state index contributed by atoms with van der Waals surface area (Å²) in [6.45, 7) is 4.62. The molecule has 1 aliphatic rings. The van der Waals surface area contributed by atoms with Gasteiger partial charge in [-0.05, 0) is 52.9 Å². The Morgan fingerprint density at radius 3 is 1.72 bits per heavy atom. The molecule has 0 atom stereocenters. The van der Waals surface area contributed by atoms with Crippen LogP contribution < -0.4 is 0 Å². The zero-order chi connectivity index (χ0) is 12.9. The van der Waals surface area contributed by atoms with Crippen molar-refractivity contribution < 1.29 is 0 Å². The molecule has 0 bridgehead atoms. The summed E-state index contributed by atoms with van der Waals surface area (Å²) >= 11 is 7.15. The summed E-state index contributed by atoms with van der Waals surface area (Å²) in [4.78, 5) is 0. The van der Waals surface area contributed by atoms with E-state index < -0.39 is 0 Å². The highest BCUT2D eigenvalue weighted by Crippen LogP contribution is 2.42. The monoisotopic (exact) mass is 364 g/mol. The van der Waals surface area contributed by atoms with E-state index in [4.69, 9.17) is 0 Å². The van der Waals surface area contributed by atoms with Gasteiger partial charge < -0.3 is 0 Å². The summed E-state index contributed by atoms with van der Waals surface area (Å²) in [7, 11) is 0. The van der Waals surface area contributed by atoms with Crippen molar-refractivity contribution in [1.82, 2.24) is 0 Å². The fourth-order valence-electron chi connectivity index (χ4n) is 2.99. The molecular weight excluding hydrogens is 352 g/mol. The molecule has 0 nitrogen and oxygen atoms in total. The Morgan fingerprint density at radius 2 is 1.28 bits per heavy atom. The van der Waals surface area contributed by atoms with E-state index in [9.17, 15) is 0 Å². The Balaban J connectivity index is 2.25. The van der Waals surface area contributed by atoms with Gasteiger partial charge in [-0.15, -0.1) is 0 Å².